The van der Waals surface area contributed by atoms with Crippen LogP contribution in [0.4, 0.5) is 11.4 Å². The monoisotopic (exact) mass is 516 g/mol. The highest BCUT2D eigenvalue weighted by Crippen LogP contribution is 2.56. The van der Waals surface area contributed by atoms with Crippen LogP contribution in [0.1, 0.15) is 63.8 Å². The van der Waals surface area contributed by atoms with E-state index >= 15 is 0 Å². The molecule has 5 rings (SSSR count). The average molecular weight is 517 g/mol. The van der Waals surface area contributed by atoms with Crippen molar-refractivity contribution in [1.82, 2.24) is 0 Å². The number of fused-ring (bicyclic) bond motifs is 3. The molecule has 198 valence electrons. The zero-order chi connectivity index (χ0) is 28.0. The Bertz CT molecular complexity index is 1420. The molecule has 4 aromatic rings. The van der Waals surface area contributed by atoms with Gasteiger partial charge in [0.15, 0.2) is 0 Å². The van der Waals surface area contributed by atoms with Gasteiger partial charge in [-0.1, -0.05) is 114 Å². The summed E-state index contributed by atoms with van der Waals surface area (Å²) in [5, 5.41) is 6.10. The SMILES string of the molecule is CC(C)(C)C(=O)Nc1ccc(C2(c3ccc(NC(=O)C(C)(C)C)cc3)c3ccccc3-c3ccccc32)cc1. The first-order chi connectivity index (χ1) is 18.4. The van der Waals surface area contributed by atoms with Crippen LogP contribution in [0.5, 0.6) is 0 Å². The Morgan fingerprint density at radius 2 is 0.846 bits per heavy atom. The Hall–Kier alpha value is -4.18. The van der Waals surface area contributed by atoms with Crippen molar-refractivity contribution in [1.29, 1.82) is 0 Å². The molecule has 0 bridgehead atoms. The third-order valence-electron chi connectivity index (χ3n) is 7.47. The fourth-order valence-electron chi connectivity index (χ4n) is 5.27. The molecular weight excluding hydrogens is 480 g/mol. The fourth-order valence-corrected chi connectivity index (χ4v) is 5.27. The molecule has 2 N–H and O–H groups in total. The number of rotatable bonds is 4. The van der Waals surface area contributed by atoms with Crippen LogP contribution in [-0.2, 0) is 15.0 Å². The van der Waals surface area contributed by atoms with Crippen molar-refractivity contribution in [3.8, 4) is 11.1 Å². The largest absolute Gasteiger partial charge is 0.326 e. The summed E-state index contributed by atoms with van der Waals surface area (Å²) in [5.74, 6) is -0.0381. The number of carbonyl (C=O) groups excluding carboxylic acids is 2. The molecule has 0 aliphatic heterocycles. The summed E-state index contributed by atoms with van der Waals surface area (Å²) in [6, 6.07) is 33.6. The Morgan fingerprint density at radius 1 is 0.513 bits per heavy atom. The third kappa shape index (κ3) is 4.65. The Balaban J connectivity index is 1.66. The quantitative estimate of drug-likeness (QED) is 0.254. The summed E-state index contributed by atoms with van der Waals surface area (Å²) in [4.78, 5) is 25.2. The van der Waals surface area contributed by atoms with Gasteiger partial charge in [-0.05, 0) is 57.6 Å². The summed E-state index contributed by atoms with van der Waals surface area (Å²) in [5.41, 5.74) is 7.11. The smallest absolute Gasteiger partial charge is 0.229 e. The summed E-state index contributed by atoms with van der Waals surface area (Å²) in [6.45, 7) is 11.5. The van der Waals surface area contributed by atoms with Crippen molar-refractivity contribution in [3.63, 3.8) is 0 Å². The van der Waals surface area contributed by atoms with Gasteiger partial charge in [-0.15, -0.1) is 0 Å². The lowest BCUT2D eigenvalue weighted by molar-refractivity contribution is -0.123. The summed E-state index contributed by atoms with van der Waals surface area (Å²) >= 11 is 0. The molecule has 0 aromatic heterocycles. The van der Waals surface area contributed by atoms with E-state index in [1.807, 2.05) is 65.8 Å². The molecule has 0 spiro atoms. The van der Waals surface area contributed by atoms with Gasteiger partial charge in [0.05, 0.1) is 5.41 Å². The molecule has 0 heterocycles. The molecule has 1 aliphatic carbocycles. The lowest BCUT2D eigenvalue weighted by atomic mass is 9.67. The van der Waals surface area contributed by atoms with E-state index in [2.05, 4.69) is 83.4 Å². The number of hydrogen-bond acceptors (Lipinski definition) is 2. The van der Waals surface area contributed by atoms with E-state index in [1.165, 1.54) is 22.3 Å². The van der Waals surface area contributed by atoms with Crippen LogP contribution in [0.25, 0.3) is 11.1 Å². The predicted molar refractivity (Wildman–Crippen MR) is 160 cm³/mol. The summed E-state index contributed by atoms with van der Waals surface area (Å²) in [7, 11) is 0. The highest BCUT2D eigenvalue weighted by atomic mass is 16.2. The van der Waals surface area contributed by atoms with E-state index < -0.39 is 16.2 Å². The van der Waals surface area contributed by atoms with Crippen molar-refractivity contribution in [2.75, 3.05) is 10.6 Å². The topological polar surface area (TPSA) is 58.2 Å². The van der Waals surface area contributed by atoms with Crippen molar-refractivity contribution in [3.05, 3.63) is 119 Å². The molecule has 4 aromatic carbocycles. The van der Waals surface area contributed by atoms with Gasteiger partial charge in [0, 0.05) is 22.2 Å². The molecule has 2 amide bonds. The van der Waals surface area contributed by atoms with Crippen LogP contribution in [0.2, 0.25) is 0 Å². The van der Waals surface area contributed by atoms with Gasteiger partial charge in [-0.25, -0.2) is 0 Å². The fraction of sp³-hybridized carbons (Fsp3) is 0.257. The first-order valence-electron chi connectivity index (χ1n) is 13.5. The lowest BCUT2D eigenvalue weighted by Gasteiger charge is -2.34. The number of anilines is 2. The molecular formula is C35H36N2O2. The number of amides is 2. The number of benzene rings is 4. The van der Waals surface area contributed by atoms with Crippen LogP contribution < -0.4 is 10.6 Å². The minimum absolute atomic E-state index is 0.0191. The highest BCUT2D eigenvalue weighted by molar-refractivity contribution is 5.95. The molecule has 4 heteroatoms. The molecule has 0 radical (unpaired) electrons. The number of hydrogen-bond donors (Lipinski definition) is 2. The summed E-state index contributed by atoms with van der Waals surface area (Å²) in [6.07, 6.45) is 0. The maximum absolute atomic E-state index is 12.6. The van der Waals surface area contributed by atoms with Crippen molar-refractivity contribution in [2.45, 2.75) is 47.0 Å². The van der Waals surface area contributed by atoms with Crippen LogP contribution in [0.15, 0.2) is 97.1 Å². The van der Waals surface area contributed by atoms with E-state index in [0.29, 0.717) is 0 Å². The van der Waals surface area contributed by atoms with Crippen LogP contribution in [0, 0.1) is 10.8 Å². The Labute approximate surface area is 231 Å². The number of nitrogens with one attached hydrogen (secondary N) is 2. The maximum atomic E-state index is 12.6. The first kappa shape index (κ1) is 26.4. The van der Waals surface area contributed by atoms with Gasteiger partial charge in [0.25, 0.3) is 0 Å². The predicted octanol–water partition coefficient (Wildman–Crippen LogP) is 8.02. The normalized spacial score (nSPS) is 13.8. The van der Waals surface area contributed by atoms with Crippen molar-refractivity contribution >= 4 is 23.2 Å². The highest BCUT2D eigenvalue weighted by Gasteiger charge is 2.45. The van der Waals surface area contributed by atoms with E-state index in [1.54, 1.807) is 0 Å². The molecule has 0 fully saturated rings. The van der Waals surface area contributed by atoms with Crippen LogP contribution in [-0.4, -0.2) is 11.8 Å². The second-order valence-corrected chi connectivity index (χ2v) is 12.4. The Kier molecular flexibility index (Phi) is 6.46. The van der Waals surface area contributed by atoms with Gasteiger partial charge in [0.1, 0.15) is 0 Å². The van der Waals surface area contributed by atoms with Crippen molar-refractivity contribution < 1.29 is 9.59 Å². The van der Waals surface area contributed by atoms with Gasteiger partial charge < -0.3 is 10.6 Å². The van der Waals surface area contributed by atoms with Crippen molar-refractivity contribution in [2.24, 2.45) is 10.8 Å². The summed E-state index contributed by atoms with van der Waals surface area (Å²) < 4.78 is 0. The van der Waals surface area contributed by atoms with E-state index in [0.717, 1.165) is 22.5 Å². The van der Waals surface area contributed by atoms with Crippen LogP contribution >= 0.6 is 0 Å². The van der Waals surface area contributed by atoms with E-state index in [9.17, 15) is 9.59 Å². The van der Waals surface area contributed by atoms with Gasteiger partial charge in [0.2, 0.25) is 11.8 Å². The molecule has 1 aliphatic rings. The molecule has 0 atom stereocenters. The third-order valence-corrected chi connectivity index (χ3v) is 7.47. The molecule has 0 saturated heterocycles. The van der Waals surface area contributed by atoms with Gasteiger partial charge in [-0.2, -0.15) is 0 Å². The van der Waals surface area contributed by atoms with Gasteiger partial charge in [-0.3, -0.25) is 9.59 Å². The minimum Gasteiger partial charge on any atom is -0.326 e. The van der Waals surface area contributed by atoms with E-state index in [-0.39, 0.29) is 11.8 Å². The van der Waals surface area contributed by atoms with E-state index in [4.69, 9.17) is 0 Å². The molecule has 39 heavy (non-hydrogen) atoms. The molecule has 0 saturated carbocycles. The lowest BCUT2D eigenvalue weighted by Crippen LogP contribution is -2.30. The zero-order valence-electron chi connectivity index (χ0n) is 23.6. The zero-order valence-corrected chi connectivity index (χ0v) is 23.6. The average Bonchev–Trinajstić information content (AvgIpc) is 3.20. The maximum Gasteiger partial charge on any atom is 0.229 e. The standard InChI is InChI=1S/C35H36N2O2/c1-33(2,3)31(38)36-25-19-15-23(16-20-25)35(24-17-21-26(22-18-24)37-32(39)34(4,5)6)29-13-9-7-11-27(29)28-12-8-10-14-30(28)35/h7-22H,1-6H3,(H,36,38)(H,37,39). The molecule has 4 nitrogen and oxygen atoms in total. The van der Waals surface area contributed by atoms with Gasteiger partial charge >= 0.3 is 0 Å². The van der Waals surface area contributed by atoms with Crippen LogP contribution in [0.3, 0.4) is 0 Å². The first-order valence-corrected chi connectivity index (χ1v) is 13.5. The second-order valence-electron chi connectivity index (χ2n) is 12.4. The Morgan fingerprint density at radius 3 is 1.18 bits per heavy atom. The minimum atomic E-state index is -0.549. The molecule has 0 unspecified atom stereocenters. The number of carbonyl (C=O) groups is 2. The second kappa shape index (κ2) is 9.53.